The minimum atomic E-state index is -2.32. The van der Waals surface area contributed by atoms with Crippen molar-refractivity contribution in [3.63, 3.8) is 0 Å². The number of hydrogen-bond acceptors (Lipinski definition) is 7. The highest BCUT2D eigenvalue weighted by molar-refractivity contribution is 5.66. The van der Waals surface area contributed by atoms with E-state index in [-0.39, 0.29) is 17.5 Å². The predicted octanol–water partition coefficient (Wildman–Crippen LogP) is 2.41. The van der Waals surface area contributed by atoms with Gasteiger partial charge in [-0.3, -0.25) is 0 Å². The first-order chi connectivity index (χ1) is 11.1. The number of nitrogens with two attached hydrogens (primary N) is 1. The number of rotatable bonds is 4. The van der Waals surface area contributed by atoms with Crippen molar-refractivity contribution in [1.29, 1.82) is 0 Å². The second-order valence-electron chi connectivity index (χ2n) is 5.62. The summed E-state index contributed by atoms with van der Waals surface area (Å²) in [5.41, 5.74) is 5.39. The Morgan fingerprint density at radius 1 is 1.39 bits per heavy atom. The Labute approximate surface area is 131 Å². The van der Waals surface area contributed by atoms with E-state index in [1.54, 1.807) is 0 Å². The Balaban J connectivity index is 1.85. The third-order valence-electron chi connectivity index (χ3n) is 4.38. The highest BCUT2D eigenvalue weighted by atomic mass is 19.3. The van der Waals surface area contributed by atoms with Gasteiger partial charge in [0.2, 0.25) is 12.2 Å². The average Bonchev–Trinajstić information content (AvgIpc) is 3.05. The molecule has 0 aliphatic heterocycles. The maximum Gasteiger partial charge on any atom is 0.259 e. The van der Waals surface area contributed by atoms with E-state index in [0.29, 0.717) is 31.2 Å². The monoisotopic (exact) mass is 325 g/mol. The van der Waals surface area contributed by atoms with Crippen molar-refractivity contribution in [2.24, 2.45) is 5.92 Å². The van der Waals surface area contributed by atoms with Crippen LogP contribution in [0, 0.1) is 5.92 Å². The number of anilines is 1. The summed E-state index contributed by atoms with van der Waals surface area (Å²) < 4.78 is 36.5. The second kappa shape index (κ2) is 6.15. The van der Waals surface area contributed by atoms with Gasteiger partial charge in [-0.25, -0.2) is 18.7 Å². The lowest BCUT2D eigenvalue weighted by Crippen LogP contribution is -2.35. The molecule has 1 saturated carbocycles. The van der Waals surface area contributed by atoms with E-state index < -0.39 is 17.9 Å². The quantitative estimate of drug-likeness (QED) is 0.921. The van der Waals surface area contributed by atoms with Crippen LogP contribution in [0.25, 0.3) is 11.4 Å². The lowest BCUT2D eigenvalue weighted by molar-refractivity contribution is -0.0910. The summed E-state index contributed by atoms with van der Waals surface area (Å²) in [5.74, 6) is 0.149. The molecule has 1 fully saturated rings. The molecule has 0 aromatic carbocycles. The zero-order valence-corrected chi connectivity index (χ0v) is 12.6. The fraction of sp³-hybridized carbons (Fsp3) is 0.571. The number of halogens is 2. The number of alkyl halides is 2. The van der Waals surface area contributed by atoms with E-state index in [9.17, 15) is 8.78 Å². The third kappa shape index (κ3) is 2.88. The molecule has 2 aromatic rings. The Bertz CT molecular complexity index is 671. The average molecular weight is 325 g/mol. The Hall–Kier alpha value is -2.16. The smallest absolute Gasteiger partial charge is 0.259 e. The van der Waals surface area contributed by atoms with Crippen LogP contribution in [-0.4, -0.2) is 33.6 Å². The summed E-state index contributed by atoms with van der Waals surface area (Å²) in [7, 11) is 1.52. The fourth-order valence-electron chi connectivity index (χ4n) is 2.89. The van der Waals surface area contributed by atoms with Gasteiger partial charge in [0.1, 0.15) is 17.7 Å². The van der Waals surface area contributed by atoms with Gasteiger partial charge >= 0.3 is 0 Å². The molecule has 0 saturated heterocycles. The van der Waals surface area contributed by atoms with Gasteiger partial charge in [0.05, 0.1) is 5.56 Å². The van der Waals surface area contributed by atoms with Gasteiger partial charge in [0, 0.05) is 19.2 Å². The predicted molar refractivity (Wildman–Crippen MR) is 76.4 cm³/mol. The van der Waals surface area contributed by atoms with Gasteiger partial charge in [-0.1, -0.05) is 5.16 Å². The van der Waals surface area contributed by atoms with Crippen LogP contribution in [0.1, 0.15) is 31.6 Å². The van der Waals surface area contributed by atoms with Gasteiger partial charge < -0.3 is 15.0 Å². The van der Waals surface area contributed by atoms with Gasteiger partial charge in [0.15, 0.2) is 0 Å². The number of aromatic nitrogens is 4. The molecule has 0 bridgehead atoms. The van der Waals surface area contributed by atoms with Crippen LogP contribution in [0.2, 0.25) is 0 Å². The first-order valence-corrected chi connectivity index (χ1v) is 7.29. The topological polar surface area (TPSA) is 100.0 Å². The number of methoxy groups -OCH3 is 1. The Morgan fingerprint density at radius 3 is 2.74 bits per heavy atom. The SMILES string of the molecule is COC1(c2nc(-c3cncnc3N)no2)CCC(C(F)F)CC1. The number of nitrogens with zero attached hydrogens (tertiary/aromatic N) is 4. The summed E-state index contributed by atoms with van der Waals surface area (Å²) in [5, 5.41) is 3.90. The van der Waals surface area contributed by atoms with Gasteiger partial charge in [0.25, 0.3) is 5.89 Å². The molecule has 0 amide bonds. The van der Waals surface area contributed by atoms with Crippen LogP contribution in [0.15, 0.2) is 17.0 Å². The maximum atomic E-state index is 12.8. The molecule has 3 rings (SSSR count). The molecule has 2 N–H and O–H groups in total. The van der Waals surface area contributed by atoms with Crippen molar-refractivity contribution in [2.75, 3.05) is 12.8 Å². The molecule has 1 aliphatic rings. The lowest BCUT2D eigenvalue weighted by Gasteiger charge is -2.35. The van der Waals surface area contributed by atoms with Crippen LogP contribution in [0.3, 0.4) is 0 Å². The van der Waals surface area contributed by atoms with Crippen molar-refractivity contribution in [1.82, 2.24) is 20.1 Å². The summed E-state index contributed by atoms with van der Waals surface area (Å²) in [6.07, 6.45) is 2.00. The second-order valence-corrected chi connectivity index (χ2v) is 5.62. The van der Waals surface area contributed by atoms with Gasteiger partial charge in [-0.15, -0.1) is 0 Å². The largest absolute Gasteiger partial charge is 0.383 e. The minimum Gasteiger partial charge on any atom is -0.383 e. The number of nitrogen functional groups attached to an aromatic ring is 1. The zero-order chi connectivity index (χ0) is 16.4. The molecule has 9 heteroatoms. The van der Waals surface area contributed by atoms with E-state index in [2.05, 4.69) is 20.1 Å². The molecule has 7 nitrogen and oxygen atoms in total. The first kappa shape index (κ1) is 15.7. The number of ether oxygens (including phenoxy) is 1. The maximum absolute atomic E-state index is 12.8. The van der Waals surface area contributed by atoms with Crippen molar-refractivity contribution in [3.05, 3.63) is 18.4 Å². The van der Waals surface area contributed by atoms with E-state index in [1.165, 1.54) is 19.6 Å². The minimum absolute atomic E-state index is 0.236. The highest BCUT2D eigenvalue weighted by Gasteiger charge is 2.43. The summed E-state index contributed by atoms with van der Waals surface area (Å²) >= 11 is 0. The summed E-state index contributed by atoms with van der Waals surface area (Å²) in [6.45, 7) is 0. The van der Waals surface area contributed by atoms with Gasteiger partial charge in [-0.2, -0.15) is 4.98 Å². The highest BCUT2D eigenvalue weighted by Crippen LogP contribution is 2.43. The molecule has 1 aliphatic carbocycles. The van der Waals surface area contributed by atoms with Crippen LogP contribution in [0.5, 0.6) is 0 Å². The van der Waals surface area contributed by atoms with E-state index in [0.717, 1.165) is 0 Å². The van der Waals surface area contributed by atoms with Crippen LogP contribution >= 0.6 is 0 Å². The standard InChI is InChI=1S/C14H17F2N5O2/c1-22-14(4-2-8(3-5-14)10(15)16)13-20-12(21-23-13)9-6-18-7-19-11(9)17/h6-8,10H,2-5H2,1H3,(H2,17,18,19). The lowest BCUT2D eigenvalue weighted by atomic mass is 9.78. The molecular formula is C14H17F2N5O2. The van der Waals surface area contributed by atoms with Crippen molar-refractivity contribution in [3.8, 4) is 11.4 Å². The van der Waals surface area contributed by atoms with Crippen molar-refractivity contribution in [2.45, 2.75) is 37.7 Å². The summed E-state index contributed by atoms with van der Waals surface area (Å²) in [6, 6.07) is 0. The third-order valence-corrected chi connectivity index (χ3v) is 4.38. The molecule has 0 unspecified atom stereocenters. The van der Waals surface area contributed by atoms with E-state index in [4.69, 9.17) is 15.0 Å². The molecule has 2 heterocycles. The fourth-order valence-corrected chi connectivity index (χ4v) is 2.89. The van der Waals surface area contributed by atoms with Crippen LogP contribution in [0.4, 0.5) is 14.6 Å². The Morgan fingerprint density at radius 2 is 2.13 bits per heavy atom. The zero-order valence-electron chi connectivity index (χ0n) is 12.6. The molecular weight excluding hydrogens is 308 g/mol. The molecule has 2 aromatic heterocycles. The first-order valence-electron chi connectivity index (χ1n) is 7.29. The molecule has 124 valence electrons. The van der Waals surface area contributed by atoms with Crippen LogP contribution in [-0.2, 0) is 10.3 Å². The number of hydrogen-bond donors (Lipinski definition) is 1. The van der Waals surface area contributed by atoms with Crippen LogP contribution < -0.4 is 5.73 Å². The van der Waals surface area contributed by atoms with E-state index >= 15 is 0 Å². The van der Waals surface area contributed by atoms with Crippen molar-refractivity contribution >= 4 is 5.82 Å². The Kier molecular flexibility index (Phi) is 4.20. The molecule has 23 heavy (non-hydrogen) atoms. The summed E-state index contributed by atoms with van der Waals surface area (Å²) in [4.78, 5) is 12.1. The normalized spacial score (nSPS) is 25.0. The van der Waals surface area contributed by atoms with Gasteiger partial charge in [-0.05, 0) is 25.7 Å². The molecule has 0 radical (unpaired) electrons. The molecule has 0 spiro atoms. The molecule has 0 atom stereocenters. The van der Waals surface area contributed by atoms with E-state index in [1.807, 2.05) is 0 Å². The van der Waals surface area contributed by atoms with Crippen molar-refractivity contribution < 1.29 is 18.0 Å².